The van der Waals surface area contributed by atoms with E-state index in [0.29, 0.717) is 0 Å². The molecular formula is C85H144N2Pd. The normalized spacial score (nSPS) is 11.9. The van der Waals surface area contributed by atoms with Crippen LogP contribution in [-0.2, 0) is 33.3 Å². The van der Waals surface area contributed by atoms with Crippen LogP contribution < -0.4 is 0 Å². The van der Waals surface area contributed by atoms with E-state index in [4.69, 9.17) is 13.2 Å². The van der Waals surface area contributed by atoms with Crippen LogP contribution in [0.3, 0.4) is 0 Å². The maximum atomic E-state index is 12.0. The van der Waals surface area contributed by atoms with Crippen LogP contribution in [0.2, 0.25) is 0 Å². The quantitative estimate of drug-likeness (QED) is 0.0207. The second kappa shape index (κ2) is 67.1. The largest absolute Gasteiger partial charge is 2.00 e. The van der Waals surface area contributed by atoms with E-state index in [1.54, 1.807) is 12.2 Å². The van der Waals surface area contributed by atoms with Crippen LogP contribution in [0.5, 0.6) is 0 Å². The number of allylic oxidation sites excluding steroid dienone is 4. The molecule has 88 heavy (non-hydrogen) atoms. The summed E-state index contributed by atoms with van der Waals surface area (Å²) in [6.45, 7) is 24.3. The van der Waals surface area contributed by atoms with Crippen molar-refractivity contribution in [1.82, 2.24) is 0 Å². The van der Waals surface area contributed by atoms with Crippen molar-refractivity contribution in [2.45, 2.75) is 408 Å². The van der Waals surface area contributed by atoms with Crippen molar-refractivity contribution in [3.63, 3.8) is 0 Å². The maximum absolute atomic E-state index is 12.0. The molecule has 1 aliphatic rings. The standard InChI is InChI=1S/C47H70N2.2C19H37.Pd/c1-5-9-13-14-15-16-17-18-19-20-21-22-23-24-25-27-34-45-44(33-12-8-4)46(42-37-35-40(36-38-42)30-26-10-6-2)49(48)47(45)43-32-28-31-41(39-43)29-11-7-3;2*1-3-5-7-9-11-13-15-17-19-18-16-14-12-10-8-6-4-2;/h28,31-32,35-39H,5-26,29-30,33H2,1-4H3;2*1,3H,4-19H2,2H3;/q;2*-1;+2. The topological polar surface area (TPSA) is 25.3 Å². The summed E-state index contributed by atoms with van der Waals surface area (Å²) in [4.78, 5) is 0. The second-order valence-corrected chi connectivity index (χ2v) is 26.5. The van der Waals surface area contributed by atoms with Gasteiger partial charge in [0, 0.05) is 23.1 Å². The first kappa shape index (κ1) is 85.2. The van der Waals surface area contributed by atoms with Gasteiger partial charge in [-0.3, -0.25) is 12.2 Å². The summed E-state index contributed by atoms with van der Waals surface area (Å²) in [6, 6.07) is 17.7. The average Bonchev–Trinajstić information content (AvgIpc) is 1.93. The van der Waals surface area contributed by atoms with E-state index >= 15 is 0 Å². The van der Waals surface area contributed by atoms with Gasteiger partial charge in [-0.2, -0.15) is 0 Å². The fraction of sp³-hybridized carbons (Fsp3) is 0.741. The van der Waals surface area contributed by atoms with Crippen molar-refractivity contribution < 1.29 is 25.1 Å². The van der Waals surface area contributed by atoms with Gasteiger partial charge >= 0.3 is 20.4 Å². The van der Waals surface area contributed by atoms with Crippen molar-refractivity contribution in [3.05, 3.63) is 113 Å². The molecule has 2 nitrogen and oxygen atoms in total. The number of hydrogen-bond donors (Lipinski definition) is 0. The van der Waals surface area contributed by atoms with Crippen molar-refractivity contribution in [2.75, 3.05) is 0 Å². The van der Waals surface area contributed by atoms with E-state index in [-0.39, 0.29) is 20.4 Å². The molecule has 1 aliphatic heterocycles. The van der Waals surface area contributed by atoms with Gasteiger partial charge in [0.2, 0.25) is 11.4 Å². The van der Waals surface area contributed by atoms with Crippen LogP contribution in [0.15, 0.2) is 71.8 Å². The van der Waals surface area contributed by atoms with Gasteiger partial charge in [0.1, 0.15) is 5.57 Å². The molecule has 3 rings (SSSR count). The summed E-state index contributed by atoms with van der Waals surface area (Å²) < 4.78 is 1.48. The minimum atomic E-state index is 0. The summed E-state index contributed by atoms with van der Waals surface area (Å²) in [6.07, 6.45) is 80.2. The first-order valence-electron chi connectivity index (χ1n) is 38.7. The molecule has 0 radical (unpaired) electrons. The van der Waals surface area contributed by atoms with Gasteiger partial charge in [0.05, 0.1) is 0 Å². The molecule has 1 heterocycles. The van der Waals surface area contributed by atoms with E-state index in [0.717, 1.165) is 85.9 Å². The van der Waals surface area contributed by atoms with E-state index in [1.165, 1.54) is 330 Å². The van der Waals surface area contributed by atoms with Crippen molar-refractivity contribution in [3.8, 4) is 11.8 Å². The minimum Gasteiger partial charge on any atom is -0.518 e. The number of nitrogens with zero attached hydrogens (tertiary/aromatic N) is 2. The average molecular weight is 1300 g/mol. The number of aryl methyl sites for hydroxylation is 2. The summed E-state index contributed by atoms with van der Waals surface area (Å²) in [5.41, 5.74) is 20.8. The van der Waals surface area contributed by atoms with E-state index < -0.39 is 0 Å². The molecule has 0 spiro atoms. The fourth-order valence-corrected chi connectivity index (χ4v) is 12.4. The van der Waals surface area contributed by atoms with Gasteiger partial charge in [0.25, 0.3) is 0 Å². The predicted molar refractivity (Wildman–Crippen MR) is 391 cm³/mol. The van der Waals surface area contributed by atoms with Gasteiger partial charge in [-0.25, -0.2) is 4.70 Å². The van der Waals surface area contributed by atoms with Crippen molar-refractivity contribution in [1.29, 1.82) is 0 Å². The Morgan fingerprint density at radius 1 is 0.341 bits per heavy atom. The van der Waals surface area contributed by atoms with Crippen LogP contribution >= 0.6 is 0 Å². The number of rotatable bonds is 58. The Balaban J connectivity index is 0.00000159. The molecule has 3 heteroatoms. The first-order chi connectivity index (χ1) is 43.0. The molecular weight excluding hydrogens is 1160 g/mol. The van der Waals surface area contributed by atoms with Gasteiger partial charge in [-0.1, -0.05) is 392 Å². The molecule has 0 aliphatic carbocycles. The van der Waals surface area contributed by atoms with Crippen LogP contribution in [0.4, 0.5) is 0 Å². The maximum Gasteiger partial charge on any atom is 2.00 e. The van der Waals surface area contributed by atoms with Gasteiger partial charge in [-0.15, -0.1) is 0 Å². The summed E-state index contributed by atoms with van der Waals surface area (Å²) in [7, 11) is 0. The van der Waals surface area contributed by atoms with Crippen molar-refractivity contribution in [2.24, 2.45) is 0 Å². The molecule has 504 valence electrons. The van der Waals surface area contributed by atoms with Gasteiger partial charge in [-0.05, 0) is 80.3 Å². The summed E-state index contributed by atoms with van der Waals surface area (Å²) in [5, 5.41) is 0. The van der Waals surface area contributed by atoms with Crippen LogP contribution in [-0.4, -0.2) is 4.70 Å². The molecule has 0 atom stereocenters. The Labute approximate surface area is 565 Å². The Morgan fingerprint density at radius 2 is 0.670 bits per heavy atom. The Kier molecular flexibility index (Phi) is 65.0. The number of hydrogen-bond acceptors (Lipinski definition) is 0. The molecule has 0 saturated heterocycles. The third-order valence-electron chi connectivity index (χ3n) is 18.2. The molecule has 0 aromatic heterocycles. The van der Waals surface area contributed by atoms with E-state index in [9.17, 15) is 5.53 Å². The third-order valence-corrected chi connectivity index (χ3v) is 18.2. The molecule has 2 aromatic carbocycles. The zero-order valence-corrected chi connectivity index (χ0v) is 61.0. The molecule has 0 saturated carbocycles. The smallest absolute Gasteiger partial charge is 0.518 e. The molecule has 0 N–H and O–H groups in total. The zero-order valence-electron chi connectivity index (χ0n) is 59.4. The van der Waals surface area contributed by atoms with Crippen molar-refractivity contribution >= 4 is 11.4 Å². The second-order valence-electron chi connectivity index (χ2n) is 26.5. The monoisotopic (exact) mass is 1300 g/mol. The fourth-order valence-electron chi connectivity index (χ4n) is 12.4. The summed E-state index contributed by atoms with van der Waals surface area (Å²) >= 11 is 0. The molecule has 0 bridgehead atoms. The summed E-state index contributed by atoms with van der Waals surface area (Å²) in [5.74, 6) is 7.22. The van der Waals surface area contributed by atoms with Crippen LogP contribution in [0.25, 0.3) is 16.9 Å². The first-order valence-corrected chi connectivity index (χ1v) is 38.7. The van der Waals surface area contributed by atoms with E-state index in [1.807, 2.05) is 0 Å². The Morgan fingerprint density at radius 3 is 1.05 bits per heavy atom. The molecule has 0 unspecified atom stereocenters. The third kappa shape index (κ3) is 48.0. The number of unbranched alkanes of at least 4 members (excludes halogenated alkanes) is 48. The molecule has 0 fully saturated rings. The van der Waals surface area contributed by atoms with Gasteiger partial charge in [0.15, 0.2) is 0 Å². The molecule has 2 aromatic rings. The Hall–Kier alpha value is -2.78. The SMILES string of the molecule is CCCCCCCCCCCCCCCCC#CC1=C(c2cccc(CCCC)c2)[N+](=[N-])C(c2ccc(CCCCC)cc2)=C1CCCC.[CH-]=CCCCCCCCCCCCCCCCCC.[CH-]=CCCCCCCCCCCCCCCCCC.[Pd+2]. The zero-order chi connectivity index (χ0) is 63.0. The number of benzene rings is 2. The van der Waals surface area contributed by atoms with Crippen LogP contribution in [0.1, 0.15) is 417 Å². The minimum absolute atomic E-state index is 0. The molecule has 0 amide bonds. The van der Waals surface area contributed by atoms with Gasteiger partial charge < -0.3 is 18.7 Å². The van der Waals surface area contributed by atoms with Crippen LogP contribution in [0, 0.1) is 25.0 Å². The Bertz CT molecular complexity index is 1950. The predicted octanol–water partition coefficient (Wildman–Crippen LogP) is 29.5. The van der Waals surface area contributed by atoms with E-state index in [2.05, 4.69) is 102 Å².